The SMILES string of the molecule is CCn1c(C(=O)O)cc2ccc(F)cc21. The summed E-state index contributed by atoms with van der Waals surface area (Å²) in [5, 5.41) is 9.70. The molecule has 78 valence electrons. The predicted molar refractivity (Wildman–Crippen MR) is 54.5 cm³/mol. The highest BCUT2D eigenvalue weighted by atomic mass is 19.1. The molecule has 1 N–H and O–H groups in total. The molecular weight excluding hydrogens is 197 g/mol. The summed E-state index contributed by atoms with van der Waals surface area (Å²) >= 11 is 0. The maximum absolute atomic E-state index is 13.0. The summed E-state index contributed by atoms with van der Waals surface area (Å²) in [6, 6.07) is 5.82. The number of halogens is 1. The Balaban J connectivity index is 2.79. The molecule has 2 rings (SSSR count). The van der Waals surface area contributed by atoms with Gasteiger partial charge in [-0.05, 0) is 31.2 Å². The number of hydrogen-bond acceptors (Lipinski definition) is 1. The Morgan fingerprint density at radius 1 is 1.47 bits per heavy atom. The van der Waals surface area contributed by atoms with Crippen LogP contribution in [0.3, 0.4) is 0 Å². The van der Waals surface area contributed by atoms with E-state index < -0.39 is 5.97 Å². The lowest BCUT2D eigenvalue weighted by molar-refractivity contribution is 0.0686. The van der Waals surface area contributed by atoms with Crippen molar-refractivity contribution in [2.24, 2.45) is 0 Å². The van der Waals surface area contributed by atoms with Gasteiger partial charge in [-0.15, -0.1) is 0 Å². The first-order valence-corrected chi connectivity index (χ1v) is 4.65. The molecule has 0 aliphatic rings. The van der Waals surface area contributed by atoms with Crippen LogP contribution in [0.15, 0.2) is 24.3 Å². The highest BCUT2D eigenvalue weighted by Gasteiger charge is 2.13. The quantitative estimate of drug-likeness (QED) is 0.822. The maximum atomic E-state index is 13.0. The van der Waals surface area contributed by atoms with Crippen LogP contribution in [-0.4, -0.2) is 15.6 Å². The Morgan fingerprint density at radius 2 is 2.20 bits per heavy atom. The average Bonchev–Trinajstić information content (AvgIpc) is 2.55. The van der Waals surface area contributed by atoms with Gasteiger partial charge in [0.1, 0.15) is 11.5 Å². The van der Waals surface area contributed by atoms with Crippen LogP contribution in [0, 0.1) is 5.82 Å². The van der Waals surface area contributed by atoms with Crippen molar-refractivity contribution in [3.63, 3.8) is 0 Å². The minimum absolute atomic E-state index is 0.193. The van der Waals surface area contributed by atoms with Crippen molar-refractivity contribution >= 4 is 16.9 Å². The molecule has 1 aromatic heterocycles. The molecule has 0 aliphatic heterocycles. The fourth-order valence-corrected chi connectivity index (χ4v) is 1.75. The second-order valence-electron chi connectivity index (χ2n) is 3.28. The van der Waals surface area contributed by atoms with Gasteiger partial charge in [-0.3, -0.25) is 0 Å². The number of fused-ring (bicyclic) bond motifs is 1. The largest absolute Gasteiger partial charge is 0.477 e. The summed E-state index contributed by atoms with van der Waals surface area (Å²) < 4.78 is 14.6. The van der Waals surface area contributed by atoms with Gasteiger partial charge in [-0.2, -0.15) is 0 Å². The van der Waals surface area contributed by atoms with Crippen LogP contribution in [0.5, 0.6) is 0 Å². The highest BCUT2D eigenvalue weighted by molar-refractivity contribution is 5.94. The van der Waals surface area contributed by atoms with Gasteiger partial charge in [-0.25, -0.2) is 9.18 Å². The number of aryl methyl sites for hydroxylation is 1. The third-order valence-corrected chi connectivity index (χ3v) is 2.40. The molecule has 0 saturated carbocycles. The van der Waals surface area contributed by atoms with Crippen LogP contribution in [0.25, 0.3) is 10.9 Å². The zero-order chi connectivity index (χ0) is 11.0. The van der Waals surface area contributed by atoms with E-state index in [2.05, 4.69) is 0 Å². The molecule has 0 spiro atoms. The molecule has 2 aromatic rings. The van der Waals surface area contributed by atoms with Crippen molar-refractivity contribution in [3.05, 3.63) is 35.8 Å². The molecule has 0 unspecified atom stereocenters. The summed E-state index contributed by atoms with van der Waals surface area (Å²) in [6.07, 6.45) is 0. The van der Waals surface area contributed by atoms with E-state index in [4.69, 9.17) is 5.11 Å². The van der Waals surface area contributed by atoms with Gasteiger partial charge in [0.2, 0.25) is 0 Å². The van der Waals surface area contributed by atoms with Gasteiger partial charge < -0.3 is 9.67 Å². The number of aromatic carboxylic acids is 1. The number of rotatable bonds is 2. The van der Waals surface area contributed by atoms with E-state index in [-0.39, 0.29) is 11.5 Å². The number of carboxylic acids is 1. The molecule has 0 saturated heterocycles. The fraction of sp³-hybridized carbons (Fsp3) is 0.182. The fourth-order valence-electron chi connectivity index (χ4n) is 1.75. The second-order valence-corrected chi connectivity index (χ2v) is 3.28. The normalized spacial score (nSPS) is 10.8. The van der Waals surface area contributed by atoms with Crippen LogP contribution < -0.4 is 0 Å². The average molecular weight is 207 g/mol. The van der Waals surface area contributed by atoms with Crippen LogP contribution in [0.2, 0.25) is 0 Å². The number of nitrogens with zero attached hydrogens (tertiary/aromatic N) is 1. The third-order valence-electron chi connectivity index (χ3n) is 2.40. The summed E-state index contributed by atoms with van der Waals surface area (Å²) in [7, 11) is 0. The molecule has 1 aromatic carbocycles. The molecular formula is C11H10FNO2. The van der Waals surface area contributed by atoms with E-state index in [9.17, 15) is 9.18 Å². The lowest BCUT2D eigenvalue weighted by atomic mass is 10.2. The van der Waals surface area contributed by atoms with Gasteiger partial charge in [0.05, 0.1) is 5.52 Å². The summed E-state index contributed by atoms with van der Waals surface area (Å²) in [5.74, 6) is -1.35. The Bertz CT molecular complexity index is 531. The molecule has 0 amide bonds. The smallest absolute Gasteiger partial charge is 0.352 e. The number of aromatic nitrogens is 1. The number of carboxylic acid groups (broad SMARTS) is 1. The zero-order valence-electron chi connectivity index (χ0n) is 8.20. The van der Waals surface area contributed by atoms with E-state index in [0.29, 0.717) is 12.1 Å². The van der Waals surface area contributed by atoms with Crippen LogP contribution in [0.1, 0.15) is 17.4 Å². The lowest BCUT2D eigenvalue weighted by Gasteiger charge is -2.03. The molecule has 0 bridgehead atoms. The lowest BCUT2D eigenvalue weighted by Crippen LogP contribution is -2.06. The number of benzene rings is 1. The molecule has 15 heavy (non-hydrogen) atoms. The van der Waals surface area contributed by atoms with Crippen LogP contribution in [0.4, 0.5) is 4.39 Å². The van der Waals surface area contributed by atoms with Crippen LogP contribution >= 0.6 is 0 Å². The highest BCUT2D eigenvalue weighted by Crippen LogP contribution is 2.21. The van der Waals surface area contributed by atoms with Gasteiger partial charge >= 0.3 is 5.97 Å². The summed E-state index contributed by atoms with van der Waals surface area (Å²) in [4.78, 5) is 10.9. The monoisotopic (exact) mass is 207 g/mol. The maximum Gasteiger partial charge on any atom is 0.352 e. The molecule has 4 heteroatoms. The van der Waals surface area contributed by atoms with E-state index in [1.807, 2.05) is 6.92 Å². The van der Waals surface area contributed by atoms with Gasteiger partial charge in [0.15, 0.2) is 0 Å². The van der Waals surface area contributed by atoms with E-state index >= 15 is 0 Å². The topological polar surface area (TPSA) is 42.2 Å². The van der Waals surface area contributed by atoms with E-state index in [1.54, 1.807) is 16.7 Å². The molecule has 0 aliphatic carbocycles. The second kappa shape index (κ2) is 3.38. The van der Waals surface area contributed by atoms with Crippen molar-refractivity contribution < 1.29 is 14.3 Å². The standard InChI is InChI=1S/C11H10FNO2/c1-2-13-9-6-8(12)4-3-7(9)5-10(13)11(14)15/h3-6H,2H2,1H3,(H,14,15). The molecule has 1 heterocycles. The predicted octanol–water partition coefficient (Wildman–Crippen LogP) is 2.50. The summed E-state index contributed by atoms with van der Waals surface area (Å²) in [5.41, 5.74) is 0.813. The Labute approximate surface area is 85.7 Å². The van der Waals surface area contributed by atoms with Crippen molar-refractivity contribution in [3.8, 4) is 0 Å². The van der Waals surface area contributed by atoms with E-state index in [0.717, 1.165) is 5.39 Å². The van der Waals surface area contributed by atoms with Crippen molar-refractivity contribution in [2.75, 3.05) is 0 Å². The van der Waals surface area contributed by atoms with Gasteiger partial charge in [0.25, 0.3) is 0 Å². The first-order chi connectivity index (χ1) is 7.13. The Hall–Kier alpha value is -1.84. The number of hydrogen-bond donors (Lipinski definition) is 1. The minimum atomic E-state index is -0.992. The van der Waals surface area contributed by atoms with Gasteiger partial charge in [0, 0.05) is 11.9 Å². The van der Waals surface area contributed by atoms with Crippen LogP contribution in [-0.2, 0) is 6.54 Å². The Kier molecular flexibility index (Phi) is 2.19. The van der Waals surface area contributed by atoms with E-state index in [1.165, 1.54) is 12.1 Å². The van der Waals surface area contributed by atoms with Crippen molar-refractivity contribution in [2.45, 2.75) is 13.5 Å². The Morgan fingerprint density at radius 3 is 2.80 bits per heavy atom. The number of carbonyl (C=O) groups is 1. The molecule has 3 nitrogen and oxygen atoms in total. The first kappa shape index (κ1) is 9.71. The molecule has 0 radical (unpaired) electrons. The molecule has 0 fully saturated rings. The van der Waals surface area contributed by atoms with Gasteiger partial charge in [-0.1, -0.05) is 0 Å². The van der Waals surface area contributed by atoms with Crippen molar-refractivity contribution in [1.29, 1.82) is 0 Å². The summed E-state index contributed by atoms with van der Waals surface area (Å²) in [6.45, 7) is 2.34. The first-order valence-electron chi connectivity index (χ1n) is 4.65. The third kappa shape index (κ3) is 1.48. The minimum Gasteiger partial charge on any atom is -0.477 e. The zero-order valence-corrected chi connectivity index (χ0v) is 8.20. The van der Waals surface area contributed by atoms with Crippen molar-refractivity contribution in [1.82, 2.24) is 4.57 Å². The molecule has 0 atom stereocenters.